The summed E-state index contributed by atoms with van der Waals surface area (Å²) < 4.78 is 5.24. The summed E-state index contributed by atoms with van der Waals surface area (Å²) in [6, 6.07) is 18.2. The van der Waals surface area contributed by atoms with Crippen LogP contribution >= 0.6 is 0 Å². The van der Waals surface area contributed by atoms with Crippen LogP contribution in [-0.4, -0.2) is 29.5 Å². The quantitative estimate of drug-likeness (QED) is 0.643. The minimum Gasteiger partial charge on any atom is -0.497 e. The van der Waals surface area contributed by atoms with Gasteiger partial charge in [0, 0.05) is 18.3 Å². The lowest BCUT2D eigenvalue weighted by Crippen LogP contribution is -2.16. The molecule has 0 aliphatic carbocycles. The summed E-state index contributed by atoms with van der Waals surface area (Å²) in [6.07, 6.45) is 0.785. The van der Waals surface area contributed by atoms with Crippen molar-refractivity contribution in [3.05, 3.63) is 77.2 Å². The summed E-state index contributed by atoms with van der Waals surface area (Å²) in [5.74, 6) is 1.57. The van der Waals surface area contributed by atoms with Crippen LogP contribution in [0.3, 0.4) is 0 Å². The molecule has 0 bridgehead atoms. The Labute approximate surface area is 169 Å². The van der Waals surface area contributed by atoms with E-state index < -0.39 is 0 Å². The van der Waals surface area contributed by atoms with E-state index in [1.165, 1.54) is 0 Å². The Morgan fingerprint density at radius 2 is 1.93 bits per heavy atom. The van der Waals surface area contributed by atoms with Gasteiger partial charge in [-0.3, -0.25) is 4.79 Å². The van der Waals surface area contributed by atoms with Gasteiger partial charge in [-0.2, -0.15) is 5.26 Å². The number of hydrogen-bond donors (Lipinski definition) is 2. The SMILES string of the molecule is COc1cccc(CCNc2cc(C(=O)Nc3ccc(C#N)cc3)nc(C)n2)c1. The number of benzene rings is 2. The number of nitrogens with zero attached hydrogens (tertiary/aromatic N) is 3. The predicted octanol–water partition coefficient (Wildman–Crippen LogP) is 3.57. The van der Waals surface area contributed by atoms with Crippen LogP contribution in [0.1, 0.15) is 27.4 Å². The Balaban J connectivity index is 1.63. The average Bonchev–Trinajstić information content (AvgIpc) is 2.74. The molecule has 2 N–H and O–H groups in total. The lowest BCUT2D eigenvalue weighted by molar-refractivity contribution is 0.102. The van der Waals surface area contributed by atoms with E-state index >= 15 is 0 Å². The maximum Gasteiger partial charge on any atom is 0.274 e. The Kier molecular flexibility index (Phi) is 6.38. The van der Waals surface area contributed by atoms with E-state index in [9.17, 15) is 4.79 Å². The van der Waals surface area contributed by atoms with Crippen LogP contribution in [0, 0.1) is 18.3 Å². The molecule has 146 valence electrons. The molecule has 0 unspecified atom stereocenters. The molecule has 0 atom stereocenters. The Morgan fingerprint density at radius 3 is 2.66 bits per heavy atom. The third kappa shape index (κ3) is 5.53. The molecular weight excluding hydrogens is 366 g/mol. The maximum absolute atomic E-state index is 12.5. The van der Waals surface area contributed by atoms with Gasteiger partial charge < -0.3 is 15.4 Å². The van der Waals surface area contributed by atoms with E-state index in [1.807, 2.05) is 30.3 Å². The van der Waals surface area contributed by atoms with Crippen molar-refractivity contribution in [1.29, 1.82) is 5.26 Å². The van der Waals surface area contributed by atoms with Crippen LogP contribution in [0.15, 0.2) is 54.6 Å². The molecule has 3 aromatic rings. The van der Waals surface area contributed by atoms with Gasteiger partial charge >= 0.3 is 0 Å². The first-order chi connectivity index (χ1) is 14.1. The second kappa shape index (κ2) is 9.33. The number of methoxy groups -OCH3 is 1. The summed E-state index contributed by atoms with van der Waals surface area (Å²) in [5.41, 5.74) is 2.54. The number of nitrogens with one attached hydrogen (secondary N) is 2. The highest BCUT2D eigenvalue weighted by atomic mass is 16.5. The molecule has 1 amide bonds. The smallest absolute Gasteiger partial charge is 0.274 e. The van der Waals surface area contributed by atoms with Crippen molar-refractivity contribution in [2.75, 3.05) is 24.3 Å². The van der Waals surface area contributed by atoms with Gasteiger partial charge in [0.25, 0.3) is 5.91 Å². The molecule has 0 spiro atoms. The van der Waals surface area contributed by atoms with Gasteiger partial charge in [-0.25, -0.2) is 9.97 Å². The van der Waals surface area contributed by atoms with Crippen molar-refractivity contribution in [2.45, 2.75) is 13.3 Å². The van der Waals surface area contributed by atoms with Gasteiger partial charge in [-0.05, 0) is 55.3 Å². The monoisotopic (exact) mass is 387 g/mol. The first-order valence-electron chi connectivity index (χ1n) is 9.11. The standard InChI is InChI=1S/C22H21N5O2/c1-15-25-20(22(28)27-18-8-6-17(14-23)7-9-18)13-21(26-15)24-11-10-16-4-3-5-19(12-16)29-2/h3-9,12-13H,10-11H2,1-2H3,(H,27,28)(H,24,25,26). The number of aryl methyl sites for hydroxylation is 1. The van der Waals surface area contributed by atoms with Gasteiger partial charge in [-0.15, -0.1) is 0 Å². The summed E-state index contributed by atoms with van der Waals surface area (Å²) in [7, 11) is 1.64. The summed E-state index contributed by atoms with van der Waals surface area (Å²) in [4.78, 5) is 21.1. The number of aromatic nitrogens is 2. The van der Waals surface area contributed by atoms with Crippen molar-refractivity contribution >= 4 is 17.4 Å². The van der Waals surface area contributed by atoms with E-state index in [0.717, 1.165) is 17.7 Å². The number of anilines is 2. The molecule has 0 aliphatic rings. The zero-order valence-corrected chi connectivity index (χ0v) is 16.3. The van der Waals surface area contributed by atoms with Crippen LogP contribution in [0.2, 0.25) is 0 Å². The molecule has 0 radical (unpaired) electrons. The highest BCUT2D eigenvalue weighted by Crippen LogP contribution is 2.14. The number of rotatable bonds is 7. The van der Waals surface area contributed by atoms with E-state index in [1.54, 1.807) is 44.4 Å². The lowest BCUT2D eigenvalue weighted by Gasteiger charge is -2.10. The van der Waals surface area contributed by atoms with Gasteiger partial charge in [-0.1, -0.05) is 12.1 Å². The van der Waals surface area contributed by atoms with Crippen LogP contribution in [0.4, 0.5) is 11.5 Å². The van der Waals surface area contributed by atoms with Gasteiger partial charge in [0.15, 0.2) is 0 Å². The van der Waals surface area contributed by atoms with Crippen molar-refractivity contribution in [3.63, 3.8) is 0 Å². The highest BCUT2D eigenvalue weighted by molar-refractivity contribution is 6.03. The summed E-state index contributed by atoms with van der Waals surface area (Å²) in [5, 5.41) is 14.9. The van der Waals surface area contributed by atoms with E-state index in [-0.39, 0.29) is 11.6 Å². The molecule has 0 saturated carbocycles. The molecule has 3 rings (SSSR count). The molecule has 0 fully saturated rings. The van der Waals surface area contributed by atoms with Crippen molar-refractivity contribution in [3.8, 4) is 11.8 Å². The number of carbonyl (C=O) groups excluding carboxylic acids is 1. The molecule has 7 nitrogen and oxygen atoms in total. The minimum absolute atomic E-state index is 0.269. The molecule has 2 aromatic carbocycles. The normalized spacial score (nSPS) is 10.1. The molecule has 1 heterocycles. The molecule has 1 aromatic heterocycles. The van der Waals surface area contributed by atoms with E-state index in [4.69, 9.17) is 10.00 Å². The van der Waals surface area contributed by atoms with Crippen LogP contribution in [0.5, 0.6) is 5.75 Å². The Morgan fingerprint density at radius 1 is 1.14 bits per heavy atom. The van der Waals surface area contributed by atoms with Gasteiger partial charge in [0.05, 0.1) is 18.7 Å². The number of amides is 1. The molecule has 29 heavy (non-hydrogen) atoms. The second-order valence-corrected chi connectivity index (χ2v) is 6.36. The maximum atomic E-state index is 12.5. The average molecular weight is 387 g/mol. The van der Waals surface area contributed by atoms with Crippen LogP contribution in [0.25, 0.3) is 0 Å². The lowest BCUT2D eigenvalue weighted by atomic mass is 10.1. The second-order valence-electron chi connectivity index (χ2n) is 6.36. The van der Waals surface area contributed by atoms with Crippen LogP contribution in [-0.2, 0) is 6.42 Å². The zero-order valence-electron chi connectivity index (χ0n) is 16.3. The Hall–Kier alpha value is -3.92. The first-order valence-corrected chi connectivity index (χ1v) is 9.11. The fourth-order valence-corrected chi connectivity index (χ4v) is 2.76. The third-order valence-corrected chi connectivity index (χ3v) is 4.20. The van der Waals surface area contributed by atoms with Gasteiger partial charge in [0.1, 0.15) is 23.1 Å². The highest BCUT2D eigenvalue weighted by Gasteiger charge is 2.11. The number of carbonyl (C=O) groups is 1. The van der Waals surface area contributed by atoms with Gasteiger partial charge in [0.2, 0.25) is 0 Å². The summed E-state index contributed by atoms with van der Waals surface area (Å²) in [6.45, 7) is 2.39. The fraction of sp³-hybridized carbons (Fsp3) is 0.182. The number of ether oxygens (including phenoxy) is 1. The number of hydrogen-bond acceptors (Lipinski definition) is 6. The van der Waals surface area contributed by atoms with Crippen molar-refractivity contribution < 1.29 is 9.53 Å². The Bertz CT molecular complexity index is 1040. The fourth-order valence-electron chi connectivity index (χ4n) is 2.76. The van der Waals surface area contributed by atoms with Crippen molar-refractivity contribution in [2.24, 2.45) is 0 Å². The zero-order chi connectivity index (χ0) is 20.6. The summed E-state index contributed by atoms with van der Waals surface area (Å²) >= 11 is 0. The molecule has 7 heteroatoms. The van der Waals surface area contributed by atoms with E-state index in [0.29, 0.717) is 29.4 Å². The molecule has 0 saturated heterocycles. The predicted molar refractivity (Wildman–Crippen MR) is 111 cm³/mol. The third-order valence-electron chi connectivity index (χ3n) is 4.20. The van der Waals surface area contributed by atoms with E-state index in [2.05, 4.69) is 20.6 Å². The first kappa shape index (κ1) is 19.8. The minimum atomic E-state index is -0.337. The largest absolute Gasteiger partial charge is 0.497 e. The molecule has 0 aliphatic heterocycles. The topological polar surface area (TPSA) is 99.9 Å². The molecular formula is C22H21N5O2. The van der Waals surface area contributed by atoms with Crippen molar-refractivity contribution in [1.82, 2.24) is 9.97 Å². The van der Waals surface area contributed by atoms with Crippen LogP contribution < -0.4 is 15.4 Å². The number of nitriles is 1.